The maximum absolute atomic E-state index is 13.6. The summed E-state index contributed by atoms with van der Waals surface area (Å²) in [6.07, 6.45) is 5.31. The van der Waals surface area contributed by atoms with E-state index in [1.54, 1.807) is 4.90 Å². The Morgan fingerprint density at radius 1 is 1.07 bits per heavy atom. The maximum atomic E-state index is 13.6. The number of benzene rings is 1. The first-order valence-corrected chi connectivity index (χ1v) is 17.1. The standard InChI is InChI=1S/C30H46ClFN4O6S/c1-19(2)15-24(28(37)33-13-7-8-14-34-43(40,41)27-12-11-22(32)17-23(27)31)35-29(38)26-16-21-9-5-6-10-25(21)36(26)30(39)42-18-20(3)4/h11-12,17,19-21,24-26,34H,5-10,13-16,18H2,1-4H3,(H,33,37)(H,35,38)/t21?,24-,25?,26?/m0/s1. The summed E-state index contributed by atoms with van der Waals surface area (Å²) in [4.78, 5) is 41.2. The van der Waals surface area contributed by atoms with Crippen molar-refractivity contribution >= 4 is 39.5 Å². The summed E-state index contributed by atoms with van der Waals surface area (Å²) in [5.41, 5.74) is 0. The van der Waals surface area contributed by atoms with Gasteiger partial charge in [-0.1, -0.05) is 52.1 Å². The van der Waals surface area contributed by atoms with Gasteiger partial charge >= 0.3 is 6.09 Å². The van der Waals surface area contributed by atoms with Crippen LogP contribution < -0.4 is 15.4 Å². The zero-order chi connectivity index (χ0) is 31.7. The van der Waals surface area contributed by atoms with Crippen LogP contribution in [-0.2, 0) is 24.3 Å². The smallest absolute Gasteiger partial charge is 0.410 e. The van der Waals surface area contributed by atoms with Crippen LogP contribution in [-0.4, -0.2) is 69.0 Å². The number of nitrogens with zero attached hydrogens (tertiary/aromatic N) is 1. The van der Waals surface area contributed by atoms with Gasteiger partial charge in [-0.15, -0.1) is 0 Å². The fraction of sp³-hybridized carbons (Fsp3) is 0.700. The number of ether oxygens (including phenoxy) is 1. The molecular formula is C30H46ClFN4O6S. The minimum Gasteiger partial charge on any atom is -0.449 e. The molecule has 1 aromatic rings. The van der Waals surface area contributed by atoms with Crippen molar-refractivity contribution in [2.75, 3.05) is 19.7 Å². The van der Waals surface area contributed by atoms with Gasteiger partial charge in [-0.3, -0.25) is 14.5 Å². The summed E-state index contributed by atoms with van der Waals surface area (Å²) in [6, 6.07) is 1.58. The summed E-state index contributed by atoms with van der Waals surface area (Å²) >= 11 is 5.87. The van der Waals surface area contributed by atoms with Gasteiger partial charge in [-0.05, 0) is 74.5 Å². The highest BCUT2D eigenvalue weighted by Crippen LogP contribution is 2.40. The van der Waals surface area contributed by atoms with Gasteiger partial charge in [0.1, 0.15) is 22.8 Å². The number of carbonyl (C=O) groups is 3. The van der Waals surface area contributed by atoms with E-state index in [0.29, 0.717) is 25.7 Å². The van der Waals surface area contributed by atoms with Crippen LogP contribution in [0, 0.1) is 23.6 Å². The number of halogens is 2. The Kier molecular flexibility index (Phi) is 13.1. The molecule has 1 saturated heterocycles. The van der Waals surface area contributed by atoms with E-state index in [-0.39, 0.29) is 65.2 Å². The third kappa shape index (κ3) is 10.0. The molecule has 10 nitrogen and oxygen atoms in total. The number of amides is 3. The van der Waals surface area contributed by atoms with E-state index in [1.807, 2.05) is 27.7 Å². The molecule has 4 atom stereocenters. The Morgan fingerprint density at radius 3 is 2.44 bits per heavy atom. The van der Waals surface area contributed by atoms with Crippen molar-refractivity contribution in [3.05, 3.63) is 29.0 Å². The number of hydrogen-bond donors (Lipinski definition) is 3. The Balaban J connectivity index is 1.53. The number of unbranched alkanes of at least 4 members (excludes halogenated alkanes) is 1. The van der Waals surface area contributed by atoms with Crippen molar-refractivity contribution < 1.29 is 31.9 Å². The largest absolute Gasteiger partial charge is 0.449 e. The van der Waals surface area contributed by atoms with Gasteiger partial charge < -0.3 is 15.4 Å². The molecule has 2 fully saturated rings. The first-order valence-electron chi connectivity index (χ1n) is 15.3. The number of nitrogens with one attached hydrogen (secondary N) is 3. The summed E-state index contributed by atoms with van der Waals surface area (Å²) in [7, 11) is -3.91. The van der Waals surface area contributed by atoms with E-state index in [4.69, 9.17) is 16.3 Å². The molecule has 1 saturated carbocycles. The van der Waals surface area contributed by atoms with Gasteiger partial charge in [0.15, 0.2) is 0 Å². The number of fused-ring (bicyclic) bond motifs is 1. The molecule has 1 aliphatic carbocycles. The molecule has 43 heavy (non-hydrogen) atoms. The Hall–Kier alpha value is -2.44. The molecule has 0 spiro atoms. The Morgan fingerprint density at radius 2 is 1.77 bits per heavy atom. The molecule has 3 unspecified atom stereocenters. The van der Waals surface area contributed by atoms with Gasteiger partial charge in [0, 0.05) is 19.1 Å². The van der Waals surface area contributed by atoms with Crippen LogP contribution >= 0.6 is 11.6 Å². The third-order valence-electron chi connectivity index (χ3n) is 7.86. The lowest BCUT2D eigenvalue weighted by Gasteiger charge is -2.33. The van der Waals surface area contributed by atoms with Gasteiger partial charge in [-0.25, -0.2) is 22.3 Å². The lowest BCUT2D eigenvalue weighted by molar-refractivity contribution is -0.131. The van der Waals surface area contributed by atoms with E-state index in [0.717, 1.165) is 43.9 Å². The summed E-state index contributed by atoms with van der Waals surface area (Å²) in [5, 5.41) is 5.56. The van der Waals surface area contributed by atoms with E-state index >= 15 is 0 Å². The quantitative estimate of drug-likeness (QED) is 0.253. The van der Waals surface area contributed by atoms with Gasteiger partial charge in [-0.2, -0.15) is 0 Å². The zero-order valence-corrected chi connectivity index (χ0v) is 27.1. The second kappa shape index (κ2) is 16.0. The predicted molar refractivity (Wildman–Crippen MR) is 162 cm³/mol. The van der Waals surface area contributed by atoms with Gasteiger partial charge in [0.25, 0.3) is 0 Å². The summed E-state index contributed by atoms with van der Waals surface area (Å²) < 4.78 is 46.2. The number of rotatable bonds is 14. The molecule has 13 heteroatoms. The van der Waals surface area contributed by atoms with Crippen LogP contribution in [0.3, 0.4) is 0 Å². The molecule has 0 bridgehead atoms. The number of carbonyl (C=O) groups excluding carboxylic acids is 3. The van der Waals surface area contributed by atoms with Crippen LogP contribution in [0.25, 0.3) is 0 Å². The molecule has 1 aromatic carbocycles. The van der Waals surface area contributed by atoms with Crippen LogP contribution in [0.5, 0.6) is 0 Å². The fourth-order valence-electron chi connectivity index (χ4n) is 5.80. The van der Waals surface area contributed by atoms with Gasteiger partial charge in [0.2, 0.25) is 21.8 Å². The average Bonchev–Trinajstić information content (AvgIpc) is 3.32. The van der Waals surface area contributed by atoms with Gasteiger partial charge in [0.05, 0.1) is 11.6 Å². The highest BCUT2D eigenvalue weighted by atomic mass is 35.5. The summed E-state index contributed by atoms with van der Waals surface area (Å²) in [5.74, 6) is -0.759. The van der Waals surface area contributed by atoms with E-state index in [1.165, 1.54) is 0 Å². The molecule has 3 N–H and O–H groups in total. The van der Waals surface area contributed by atoms with E-state index in [2.05, 4.69) is 15.4 Å². The molecule has 2 aliphatic rings. The Labute approximate surface area is 259 Å². The normalized spacial score (nSPS) is 21.0. The molecule has 1 aliphatic heterocycles. The number of sulfonamides is 1. The van der Waals surface area contributed by atoms with E-state index < -0.39 is 34.0 Å². The molecule has 1 heterocycles. The zero-order valence-electron chi connectivity index (χ0n) is 25.5. The van der Waals surface area contributed by atoms with E-state index in [9.17, 15) is 27.2 Å². The summed E-state index contributed by atoms with van der Waals surface area (Å²) in [6.45, 7) is 8.51. The minimum absolute atomic E-state index is 0.0296. The molecule has 0 aromatic heterocycles. The molecule has 0 radical (unpaired) electrons. The SMILES string of the molecule is CC(C)COC(=O)N1C(C(=O)N[C@@H](CC(C)C)C(=O)NCCCCNS(=O)(=O)c2ccc(F)cc2Cl)CC2CCCCC21. The molecular weight excluding hydrogens is 599 g/mol. The highest BCUT2D eigenvalue weighted by molar-refractivity contribution is 7.89. The minimum atomic E-state index is -3.91. The highest BCUT2D eigenvalue weighted by Gasteiger charge is 2.48. The average molecular weight is 645 g/mol. The predicted octanol–water partition coefficient (Wildman–Crippen LogP) is 4.61. The first-order chi connectivity index (χ1) is 20.3. The molecule has 242 valence electrons. The van der Waals surface area contributed by atoms with Crippen molar-refractivity contribution in [1.29, 1.82) is 0 Å². The second-order valence-electron chi connectivity index (χ2n) is 12.4. The van der Waals surface area contributed by atoms with Crippen molar-refractivity contribution in [1.82, 2.24) is 20.3 Å². The van der Waals surface area contributed by atoms with Crippen LogP contribution in [0.1, 0.15) is 79.1 Å². The molecule has 3 amide bonds. The van der Waals surface area contributed by atoms with Crippen LogP contribution in [0.2, 0.25) is 5.02 Å². The van der Waals surface area contributed by atoms with Crippen LogP contribution in [0.15, 0.2) is 23.1 Å². The van der Waals surface area contributed by atoms with Crippen molar-refractivity contribution in [2.45, 2.75) is 102 Å². The number of hydrogen-bond acceptors (Lipinski definition) is 6. The van der Waals surface area contributed by atoms with Crippen LogP contribution in [0.4, 0.5) is 9.18 Å². The molecule has 3 rings (SSSR count). The van der Waals surface area contributed by atoms with Crippen molar-refractivity contribution in [3.63, 3.8) is 0 Å². The monoisotopic (exact) mass is 644 g/mol. The lowest BCUT2D eigenvalue weighted by Crippen LogP contribution is -2.55. The third-order valence-corrected chi connectivity index (χ3v) is 9.80. The lowest BCUT2D eigenvalue weighted by atomic mass is 9.85. The fourth-order valence-corrected chi connectivity index (χ4v) is 7.41. The maximum Gasteiger partial charge on any atom is 0.410 e. The Bertz CT molecular complexity index is 1230. The second-order valence-corrected chi connectivity index (χ2v) is 14.5. The topological polar surface area (TPSA) is 134 Å². The number of likely N-dealkylation sites (tertiary alicyclic amines) is 1. The first kappa shape index (κ1) is 35.0. The van der Waals surface area contributed by atoms with Crippen molar-refractivity contribution in [2.24, 2.45) is 17.8 Å². The van der Waals surface area contributed by atoms with Crippen molar-refractivity contribution in [3.8, 4) is 0 Å².